The number of hydrogen-bond donors (Lipinski definition) is 2. The van der Waals surface area contributed by atoms with Gasteiger partial charge in [-0.25, -0.2) is 9.59 Å². The fourth-order valence-electron chi connectivity index (χ4n) is 3.98. The lowest BCUT2D eigenvalue weighted by molar-refractivity contribution is -0.151. The third-order valence-corrected chi connectivity index (χ3v) is 5.52. The van der Waals surface area contributed by atoms with Crippen molar-refractivity contribution < 1.29 is 29.0 Å². The highest BCUT2D eigenvalue weighted by Crippen LogP contribution is 2.44. The molecular formula is C26H23NO6. The first-order valence-electron chi connectivity index (χ1n) is 10.6. The zero-order valence-electron chi connectivity index (χ0n) is 17.8. The number of carbonyl (C=O) groups excluding carboxylic acids is 2. The van der Waals surface area contributed by atoms with Gasteiger partial charge in [0.15, 0.2) is 0 Å². The second-order valence-electron chi connectivity index (χ2n) is 7.71. The Morgan fingerprint density at radius 3 is 2.00 bits per heavy atom. The quantitative estimate of drug-likeness (QED) is 0.506. The van der Waals surface area contributed by atoms with Gasteiger partial charge < -0.3 is 19.9 Å². The molecule has 0 bridgehead atoms. The van der Waals surface area contributed by atoms with Crippen molar-refractivity contribution in [1.29, 1.82) is 0 Å². The predicted octanol–water partition coefficient (Wildman–Crippen LogP) is 4.11. The van der Waals surface area contributed by atoms with Crippen LogP contribution in [-0.2, 0) is 25.7 Å². The van der Waals surface area contributed by atoms with Crippen LogP contribution in [0.25, 0.3) is 11.1 Å². The van der Waals surface area contributed by atoms with Crippen molar-refractivity contribution in [3.8, 4) is 11.1 Å². The summed E-state index contributed by atoms with van der Waals surface area (Å²) in [6.45, 7) is 0.0286. The van der Waals surface area contributed by atoms with Gasteiger partial charge in [0.1, 0.15) is 19.3 Å². The minimum atomic E-state index is -1.36. The van der Waals surface area contributed by atoms with E-state index in [1.807, 2.05) is 54.6 Å². The van der Waals surface area contributed by atoms with Gasteiger partial charge in [0.25, 0.3) is 0 Å². The van der Waals surface area contributed by atoms with E-state index in [9.17, 15) is 14.4 Å². The van der Waals surface area contributed by atoms with Crippen LogP contribution in [0.3, 0.4) is 0 Å². The third-order valence-electron chi connectivity index (χ3n) is 5.52. The zero-order chi connectivity index (χ0) is 23.2. The van der Waals surface area contributed by atoms with Gasteiger partial charge >= 0.3 is 18.0 Å². The Hall–Kier alpha value is -4.13. The lowest BCUT2D eigenvalue weighted by Gasteiger charge is -2.18. The molecule has 0 saturated heterocycles. The monoisotopic (exact) mass is 445 g/mol. The maximum absolute atomic E-state index is 12.5. The first-order chi connectivity index (χ1) is 16.0. The van der Waals surface area contributed by atoms with Crippen LogP contribution in [-0.4, -0.2) is 35.8 Å². The van der Waals surface area contributed by atoms with Crippen LogP contribution >= 0.6 is 0 Å². The van der Waals surface area contributed by atoms with E-state index in [4.69, 9.17) is 14.6 Å². The molecule has 0 saturated carbocycles. The molecule has 0 unspecified atom stereocenters. The highest BCUT2D eigenvalue weighted by Gasteiger charge is 2.30. The van der Waals surface area contributed by atoms with Crippen LogP contribution < -0.4 is 5.32 Å². The summed E-state index contributed by atoms with van der Waals surface area (Å²) in [6.07, 6.45) is -1.49. The summed E-state index contributed by atoms with van der Waals surface area (Å²) in [5.41, 5.74) is 5.04. The van der Waals surface area contributed by atoms with E-state index in [1.54, 1.807) is 24.3 Å². The number of ether oxygens (including phenoxy) is 2. The summed E-state index contributed by atoms with van der Waals surface area (Å²) in [7, 11) is 0. The molecule has 0 heterocycles. The molecule has 33 heavy (non-hydrogen) atoms. The van der Waals surface area contributed by atoms with E-state index >= 15 is 0 Å². The van der Waals surface area contributed by atoms with E-state index in [1.165, 1.54) is 0 Å². The fourth-order valence-corrected chi connectivity index (χ4v) is 3.98. The summed E-state index contributed by atoms with van der Waals surface area (Å²) in [4.78, 5) is 36.1. The number of benzene rings is 3. The molecule has 168 valence electrons. The number of nitrogens with one attached hydrogen (secondary N) is 1. The smallest absolute Gasteiger partial charge is 0.407 e. The van der Waals surface area contributed by atoms with Gasteiger partial charge in [-0.15, -0.1) is 0 Å². The summed E-state index contributed by atoms with van der Waals surface area (Å²) in [5.74, 6) is -2.23. The number of fused-ring (bicyclic) bond motifs is 3. The average molecular weight is 445 g/mol. The molecule has 1 aliphatic rings. The maximum Gasteiger partial charge on any atom is 0.407 e. The number of carbonyl (C=O) groups is 3. The van der Waals surface area contributed by atoms with E-state index < -0.39 is 30.5 Å². The second kappa shape index (κ2) is 9.99. The van der Waals surface area contributed by atoms with Crippen molar-refractivity contribution in [2.24, 2.45) is 0 Å². The largest absolute Gasteiger partial charge is 0.481 e. The molecule has 1 amide bonds. The Kier molecular flexibility index (Phi) is 6.69. The van der Waals surface area contributed by atoms with Crippen molar-refractivity contribution in [1.82, 2.24) is 5.32 Å². The van der Waals surface area contributed by atoms with Crippen molar-refractivity contribution in [2.45, 2.75) is 25.0 Å². The number of esters is 1. The molecule has 7 nitrogen and oxygen atoms in total. The Morgan fingerprint density at radius 1 is 0.818 bits per heavy atom. The van der Waals surface area contributed by atoms with Crippen LogP contribution in [0, 0.1) is 0 Å². The average Bonchev–Trinajstić information content (AvgIpc) is 3.15. The minimum absolute atomic E-state index is 0.0256. The maximum atomic E-state index is 12.5. The van der Waals surface area contributed by atoms with Crippen LogP contribution in [0.5, 0.6) is 0 Å². The topological polar surface area (TPSA) is 102 Å². The number of rotatable bonds is 8. The van der Waals surface area contributed by atoms with E-state index in [2.05, 4.69) is 5.32 Å². The van der Waals surface area contributed by atoms with Crippen LogP contribution in [0.4, 0.5) is 4.79 Å². The summed E-state index contributed by atoms with van der Waals surface area (Å²) in [6, 6.07) is 23.5. The van der Waals surface area contributed by atoms with Gasteiger partial charge in [0, 0.05) is 5.92 Å². The first-order valence-corrected chi connectivity index (χ1v) is 10.6. The highest BCUT2D eigenvalue weighted by atomic mass is 16.6. The molecule has 1 atom stereocenters. The highest BCUT2D eigenvalue weighted by molar-refractivity contribution is 5.86. The molecule has 0 spiro atoms. The molecule has 4 rings (SSSR count). The summed E-state index contributed by atoms with van der Waals surface area (Å²) < 4.78 is 10.6. The normalized spacial score (nSPS) is 12.8. The van der Waals surface area contributed by atoms with Crippen molar-refractivity contribution in [2.75, 3.05) is 6.61 Å². The van der Waals surface area contributed by atoms with Crippen LogP contribution in [0.2, 0.25) is 0 Å². The number of carboxylic acids is 1. The molecular weight excluding hydrogens is 422 g/mol. The van der Waals surface area contributed by atoms with Gasteiger partial charge in [-0.1, -0.05) is 78.9 Å². The van der Waals surface area contributed by atoms with Gasteiger partial charge in [0.05, 0.1) is 6.42 Å². The third kappa shape index (κ3) is 5.20. The Labute approximate surface area is 191 Å². The summed E-state index contributed by atoms with van der Waals surface area (Å²) >= 11 is 0. The number of hydrogen-bond acceptors (Lipinski definition) is 5. The van der Waals surface area contributed by atoms with Gasteiger partial charge in [-0.3, -0.25) is 4.79 Å². The lowest BCUT2D eigenvalue weighted by Crippen LogP contribution is -2.43. The van der Waals surface area contributed by atoms with Crippen molar-refractivity contribution in [3.05, 3.63) is 95.6 Å². The molecule has 1 aliphatic carbocycles. The van der Waals surface area contributed by atoms with Crippen molar-refractivity contribution >= 4 is 18.0 Å². The van der Waals surface area contributed by atoms with Gasteiger partial charge in [0.2, 0.25) is 0 Å². The molecule has 2 N–H and O–H groups in total. The zero-order valence-corrected chi connectivity index (χ0v) is 17.8. The van der Waals surface area contributed by atoms with E-state index in [0.29, 0.717) is 0 Å². The SMILES string of the molecule is O=C(O)C[C@@H](NC(=O)OCC1c2ccccc2-c2ccccc21)C(=O)OCc1ccccc1. The lowest BCUT2D eigenvalue weighted by atomic mass is 9.98. The Balaban J connectivity index is 1.39. The minimum Gasteiger partial charge on any atom is -0.481 e. The Bertz CT molecular complexity index is 1110. The van der Waals surface area contributed by atoms with Gasteiger partial charge in [-0.05, 0) is 27.8 Å². The molecule has 0 aromatic heterocycles. The van der Waals surface area contributed by atoms with Gasteiger partial charge in [-0.2, -0.15) is 0 Å². The molecule has 0 aliphatic heterocycles. The van der Waals surface area contributed by atoms with Crippen molar-refractivity contribution in [3.63, 3.8) is 0 Å². The number of carboxylic acid groups (broad SMARTS) is 1. The number of aliphatic carboxylic acids is 1. The molecule has 3 aromatic rings. The first kappa shape index (κ1) is 22.1. The standard InChI is InChI=1S/C26H23NO6/c28-24(29)14-23(25(30)32-15-17-8-2-1-3-9-17)27-26(31)33-16-22-20-12-6-4-10-18(20)19-11-5-7-13-21(19)22/h1-13,22-23H,14-16H2,(H,27,31)(H,28,29)/t23-/m1/s1. The number of alkyl carbamates (subject to hydrolysis) is 1. The van der Waals surface area contributed by atoms with Crippen LogP contribution in [0.15, 0.2) is 78.9 Å². The molecule has 0 fully saturated rings. The molecule has 0 radical (unpaired) electrons. The predicted molar refractivity (Wildman–Crippen MR) is 120 cm³/mol. The number of amides is 1. The van der Waals surface area contributed by atoms with E-state index in [0.717, 1.165) is 27.8 Å². The molecule has 3 aromatic carbocycles. The molecule has 7 heteroatoms. The Morgan fingerprint density at radius 2 is 1.39 bits per heavy atom. The fraction of sp³-hybridized carbons (Fsp3) is 0.192. The van der Waals surface area contributed by atoms with E-state index in [-0.39, 0.29) is 19.1 Å². The second-order valence-corrected chi connectivity index (χ2v) is 7.71. The summed E-state index contributed by atoms with van der Waals surface area (Å²) in [5, 5.41) is 11.5. The van der Waals surface area contributed by atoms with Crippen LogP contribution in [0.1, 0.15) is 29.0 Å².